The van der Waals surface area contributed by atoms with Crippen LogP contribution in [0.2, 0.25) is 0 Å². The molecule has 0 spiro atoms. The van der Waals surface area contributed by atoms with E-state index in [0.29, 0.717) is 5.41 Å². The van der Waals surface area contributed by atoms with Crippen LogP contribution in [0.1, 0.15) is 40.5 Å². The molecule has 0 N–H and O–H groups in total. The minimum absolute atomic E-state index is 0.660. The van der Waals surface area contributed by atoms with Gasteiger partial charge in [0.2, 0.25) is 0 Å². The molecule has 2 saturated carbocycles. The molecule has 0 aromatic carbocycles. The van der Waals surface area contributed by atoms with E-state index in [9.17, 15) is 0 Å². The van der Waals surface area contributed by atoms with E-state index >= 15 is 0 Å². The molecule has 2 fully saturated rings. The van der Waals surface area contributed by atoms with Gasteiger partial charge in [-0.1, -0.05) is 27.7 Å². The highest BCUT2D eigenvalue weighted by atomic mass is 14.7. The molecule has 0 bridgehead atoms. The maximum absolute atomic E-state index is 2.47. The molecule has 3 atom stereocenters. The fraction of sp³-hybridized carbons (Fsp3) is 1.00. The van der Waals surface area contributed by atoms with Crippen LogP contribution in [-0.2, 0) is 0 Å². The van der Waals surface area contributed by atoms with Gasteiger partial charge in [-0.25, -0.2) is 0 Å². The van der Waals surface area contributed by atoms with Crippen molar-refractivity contribution in [2.45, 2.75) is 40.5 Å². The molecule has 0 aliphatic heterocycles. The van der Waals surface area contributed by atoms with E-state index in [0.717, 1.165) is 17.3 Å². The van der Waals surface area contributed by atoms with Crippen LogP contribution in [0.4, 0.5) is 0 Å². The van der Waals surface area contributed by atoms with Crippen molar-refractivity contribution in [3.05, 3.63) is 0 Å². The Labute approximate surface area is 64.0 Å². The van der Waals surface area contributed by atoms with Crippen LogP contribution in [0.5, 0.6) is 0 Å². The molecule has 2 rings (SSSR count). The predicted octanol–water partition coefficient (Wildman–Crippen LogP) is 3.08. The second kappa shape index (κ2) is 1.44. The maximum Gasteiger partial charge on any atom is -0.0261 e. The van der Waals surface area contributed by atoms with Crippen molar-refractivity contribution >= 4 is 0 Å². The molecule has 0 aromatic rings. The summed E-state index contributed by atoms with van der Waals surface area (Å²) in [6, 6.07) is 0. The minimum Gasteiger partial charge on any atom is -0.0615 e. The van der Waals surface area contributed by atoms with Gasteiger partial charge in [0, 0.05) is 0 Å². The van der Waals surface area contributed by atoms with E-state index in [-0.39, 0.29) is 0 Å². The lowest BCUT2D eigenvalue weighted by Gasteiger charge is -2.72. The van der Waals surface area contributed by atoms with Gasteiger partial charge in [0.25, 0.3) is 0 Å². The summed E-state index contributed by atoms with van der Waals surface area (Å²) in [6.07, 6.45) is 2.98. The molecule has 0 heteroatoms. The third-order valence-corrected chi connectivity index (χ3v) is 4.77. The molecule has 0 saturated heterocycles. The Kier molecular flexibility index (Phi) is 0.964. The van der Waals surface area contributed by atoms with Crippen molar-refractivity contribution in [3.8, 4) is 0 Å². The second-order valence-electron chi connectivity index (χ2n) is 5.14. The Balaban J connectivity index is 2.22. The highest BCUT2D eigenvalue weighted by Gasteiger charge is 2.65. The summed E-state index contributed by atoms with van der Waals surface area (Å²) < 4.78 is 0. The Morgan fingerprint density at radius 3 is 1.90 bits per heavy atom. The van der Waals surface area contributed by atoms with Crippen molar-refractivity contribution in [2.24, 2.45) is 22.7 Å². The van der Waals surface area contributed by atoms with E-state index in [1.807, 2.05) is 0 Å². The molecule has 2 aliphatic carbocycles. The van der Waals surface area contributed by atoms with Crippen LogP contribution < -0.4 is 0 Å². The van der Waals surface area contributed by atoms with Crippen molar-refractivity contribution < 1.29 is 0 Å². The lowest BCUT2D eigenvalue weighted by Crippen LogP contribution is -2.65. The molecule has 10 heavy (non-hydrogen) atoms. The first-order valence-electron chi connectivity index (χ1n) is 4.49. The number of rotatable bonds is 0. The fourth-order valence-electron chi connectivity index (χ4n) is 3.54. The summed E-state index contributed by atoms with van der Waals surface area (Å²) in [5.41, 5.74) is 1.41. The topological polar surface area (TPSA) is 0 Å². The number of hydrogen-bond donors (Lipinski definition) is 0. The average molecular weight is 138 g/mol. The van der Waals surface area contributed by atoms with Gasteiger partial charge < -0.3 is 0 Å². The Morgan fingerprint density at radius 1 is 1.20 bits per heavy atom. The Morgan fingerprint density at radius 2 is 1.80 bits per heavy atom. The first-order chi connectivity index (χ1) is 4.49. The smallest absolute Gasteiger partial charge is 0.0261 e. The van der Waals surface area contributed by atoms with Gasteiger partial charge in [0.15, 0.2) is 0 Å². The molecule has 2 unspecified atom stereocenters. The first-order valence-corrected chi connectivity index (χ1v) is 4.49. The zero-order valence-electron chi connectivity index (χ0n) is 7.57. The van der Waals surface area contributed by atoms with Gasteiger partial charge in [-0.3, -0.25) is 0 Å². The van der Waals surface area contributed by atoms with E-state index in [1.165, 1.54) is 12.8 Å². The minimum atomic E-state index is 0.660. The summed E-state index contributed by atoms with van der Waals surface area (Å²) >= 11 is 0. The van der Waals surface area contributed by atoms with Crippen molar-refractivity contribution in [3.63, 3.8) is 0 Å². The first kappa shape index (κ1) is 6.69. The highest BCUT2D eigenvalue weighted by Crippen LogP contribution is 2.73. The molecule has 0 radical (unpaired) electrons. The number of fused-ring (bicyclic) bond motifs is 1. The molecular weight excluding hydrogens is 120 g/mol. The SMILES string of the molecule is CC1C(C)(C)[C@@H]2CCC12C. The summed E-state index contributed by atoms with van der Waals surface area (Å²) in [7, 11) is 0. The van der Waals surface area contributed by atoms with E-state index < -0.39 is 0 Å². The molecule has 0 nitrogen and oxygen atoms in total. The van der Waals surface area contributed by atoms with Crippen LogP contribution in [0.15, 0.2) is 0 Å². The van der Waals surface area contributed by atoms with Gasteiger partial charge in [0.05, 0.1) is 0 Å². The van der Waals surface area contributed by atoms with E-state index in [1.54, 1.807) is 0 Å². The predicted molar refractivity (Wildman–Crippen MR) is 43.8 cm³/mol. The van der Waals surface area contributed by atoms with Gasteiger partial charge in [-0.05, 0) is 35.5 Å². The van der Waals surface area contributed by atoms with Gasteiger partial charge >= 0.3 is 0 Å². The summed E-state index contributed by atoms with van der Waals surface area (Å²) in [4.78, 5) is 0. The Hall–Kier alpha value is 0. The van der Waals surface area contributed by atoms with Gasteiger partial charge in [-0.15, -0.1) is 0 Å². The van der Waals surface area contributed by atoms with Crippen LogP contribution >= 0.6 is 0 Å². The quantitative estimate of drug-likeness (QED) is 0.482. The zero-order valence-corrected chi connectivity index (χ0v) is 7.57. The molecule has 58 valence electrons. The normalized spacial score (nSPS) is 56.4. The lowest BCUT2D eigenvalue weighted by atomic mass is 9.33. The summed E-state index contributed by atoms with van der Waals surface area (Å²) in [6.45, 7) is 9.76. The van der Waals surface area contributed by atoms with Crippen molar-refractivity contribution in [1.82, 2.24) is 0 Å². The van der Waals surface area contributed by atoms with E-state index in [2.05, 4.69) is 27.7 Å². The van der Waals surface area contributed by atoms with Crippen LogP contribution in [0, 0.1) is 22.7 Å². The van der Waals surface area contributed by atoms with E-state index in [4.69, 9.17) is 0 Å². The monoisotopic (exact) mass is 138 g/mol. The maximum atomic E-state index is 2.47. The molecule has 0 heterocycles. The van der Waals surface area contributed by atoms with Gasteiger partial charge in [-0.2, -0.15) is 0 Å². The molecular formula is C10H18. The number of hydrogen-bond acceptors (Lipinski definition) is 0. The van der Waals surface area contributed by atoms with Crippen molar-refractivity contribution in [1.29, 1.82) is 0 Å². The molecule has 0 amide bonds. The van der Waals surface area contributed by atoms with Crippen molar-refractivity contribution in [2.75, 3.05) is 0 Å². The lowest BCUT2D eigenvalue weighted by molar-refractivity contribution is -0.232. The van der Waals surface area contributed by atoms with Crippen LogP contribution in [-0.4, -0.2) is 0 Å². The second-order valence-corrected chi connectivity index (χ2v) is 5.14. The summed E-state index contributed by atoms with van der Waals surface area (Å²) in [5.74, 6) is 2.01. The Bertz CT molecular complexity index is 147. The van der Waals surface area contributed by atoms with Crippen LogP contribution in [0.25, 0.3) is 0 Å². The van der Waals surface area contributed by atoms with Gasteiger partial charge in [0.1, 0.15) is 0 Å². The molecule has 2 aliphatic rings. The highest BCUT2D eigenvalue weighted by molar-refractivity contribution is 5.14. The average Bonchev–Trinajstić information content (AvgIpc) is 1.81. The zero-order chi connectivity index (χ0) is 7.57. The largest absolute Gasteiger partial charge is 0.0615 e. The third kappa shape index (κ3) is 0.436. The third-order valence-electron chi connectivity index (χ3n) is 4.77. The fourth-order valence-corrected chi connectivity index (χ4v) is 3.54. The van der Waals surface area contributed by atoms with Crippen LogP contribution in [0.3, 0.4) is 0 Å². The standard InChI is InChI=1S/C10H18/c1-7-9(2,3)8-5-6-10(7,8)4/h7-8H,5-6H2,1-4H3/t7?,8-,10?/m0/s1. The molecule has 0 aromatic heterocycles. The summed E-state index contributed by atoms with van der Waals surface area (Å²) in [5, 5.41) is 0.